The predicted molar refractivity (Wildman–Crippen MR) is 81.4 cm³/mol. The lowest BCUT2D eigenvalue weighted by Gasteiger charge is -1.95. The zero-order valence-electron chi connectivity index (χ0n) is 10.7. The molecule has 0 unspecified atom stereocenters. The third-order valence-corrected chi connectivity index (χ3v) is 4.17. The van der Waals surface area contributed by atoms with Crippen molar-refractivity contribution in [3.05, 3.63) is 40.8 Å². The molecule has 2 heterocycles. The summed E-state index contributed by atoms with van der Waals surface area (Å²) in [6, 6.07) is 8.33. The molecule has 3 nitrogen and oxygen atoms in total. The maximum absolute atomic E-state index is 5.52. The van der Waals surface area contributed by atoms with Gasteiger partial charge in [-0.1, -0.05) is 18.2 Å². The number of nitrogens with zero attached hydrogens (tertiary/aromatic N) is 1. The largest absolute Gasteiger partial charge is 0.360 e. The van der Waals surface area contributed by atoms with Crippen molar-refractivity contribution in [3.63, 3.8) is 0 Å². The second kappa shape index (κ2) is 5.55. The molecule has 19 heavy (non-hydrogen) atoms. The van der Waals surface area contributed by atoms with Gasteiger partial charge in [0.25, 0.3) is 0 Å². The van der Waals surface area contributed by atoms with E-state index in [4.69, 9.17) is 10.7 Å². The van der Waals surface area contributed by atoms with Crippen molar-refractivity contribution in [3.8, 4) is 11.3 Å². The van der Waals surface area contributed by atoms with Gasteiger partial charge < -0.3 is 10.7 Å². The van der Waals surface area contributed by atoms with Crippen LogP contribution in [0, 0.1) is 0 Å². The number of aryl methyl sites for hydroxylation is 1. The molecule has 98 valence electrons. The molecule has 0 aliphatic carbocycles. The van der Waals surface area contributed by atoms with Crippen molar-refractivity contribution in [2.24, 2.45) is 5.73 Å². The lowest BCUT2D eigenvalue weighted by atomic mass is 10.1. The molecule has 0 saturated carbocycles. The minimum Gasteiger partial charge on any atom is -0.360 e. The van der Waals surface area contributed by atoms with Crippen LogP contribution >= 0.6 is 11.3 Å². The molecule has 0 aliphatic rings. The molecule has 4 heteroatoms. The molecule has 1 aromatic carbocycles. The van der Waals surface area contributed by atoms with Crippen molar-refractivity contribution >= 4 is 22.2 Å². The minimum absolute atomic E-state index is 0.765. The molecule has 0 atom stereocenters. The molecule has 0 amide bonds. The number of nitrogens with one attached hydrogen (secondary N) is 1. The first-order valence-corrected chi connectivity index (χ1v) is 7.47. The van der Waals surface area contributed by atoms with Crippen LogP contribution in [0.2, 0.25) is 0 Å². The van der Waals surface area contributed by atoms with Gasteiger partial charge in [-0.2, -0.15) is 0 Å². The Balaban J connectivity index is 1.86. The minimum atomic E-state index is 0.765. The van der Waals surface area contributed by atoms with Crippen LogP contribution in [0.4, 0.5) is 0 Å². The fourth-order valence-electron chi connectivity index (χ4n) is 2.25. The highest BCUT2D eigenvalue weighted by atomic mass is 32.1. The Morgan fingerprint density at radius 3 is 3.00 bits per heavy atom. The summed E-state index contributed by atoms with van der Waals surface area (Å²) in [6.07, 6.45) is 5.27. The van der Waals surface area contributed by atoms with Crippen LogP contribution in [0.3, 0.4) is 0 Å². The van der Waals surface area contributed by atoms with Gasteiger partial charge in [-0.15, -0.1) is 11.3 Å². The molecule has 2 aromatic heterocycles. The summed E-state index contributed by atoms with van der Waals surface area (Å²) in [4.78, 5) is 8.03. The number of aromatic nitrogens is 2. The summed E-state index contributed by atoms with van der Waals surface area (Å²) in [5, 5.41) is 4.59. The lowest BCUT2D eigenvalue weighted by Crippen LogP contribution is -1.98. The standard InChI is InChI=1S/C15H17N3S/c16-8-4-3-7-15-18-14(10-19-15)12-9-17-13-6-2-1-5-11(12)13/h1-2,5-6,9-10,17H,3-4,7-8,16H2. The normalized spacial score (nSPS) is 11.2. The number of hydrogen-bond acceptors (Lipinski definition) is 3. The smallest absolute Gasteiger partial charge is 0.0932 e. The molecule has 0 fully saturated rings. The van der Waals surface area contributed by atoms with Gasteiger partial charge in [0, 0.05) is 28.0 Å². The van der Waals surface area contributed by atoms with Gasteiger partial charge in [0.2, 0.25) is 0 Å². The molecule has 3 N–H and O–H groups in total. The van der Waals surface area contributed by atoms with Gasteiger partial charge in [0.05, 0.1) is 10.7 Å². The maximum Gasteiger partial charge on any atom is 0.0932 e. The number of para-hydroxylation sites is 1. The first-order chi connectivity index (χ1) is 9.38. The van der Waals surface area contributed by atoms with Crippen LogP contribution in [0.5, 0.6) is 0 Å². The number of hydrogen-bond donors (Lipinski definition) is 2. The van der Waals surface area contributed by atoms with E-state index in [-0.39, 0.29) is 0 Å². The van der Waals surface area contributed by atoms with Gasteiger partial charge in [-0.25, -0.2) is 4.98 Å². The van der Waals surface area contributed by atoms with Crippen molar-refractivity contribution < 1.29 is 0 Å². The molecule has 0 saturated heterocycles. The maximum atomic E-state index is 5.52. The van der Waals surface area contributed by atoms with E-state index in [9.17, 15) is 0 Å². The third-order valence-electron chi connectivity index (χ3n) is 3.26. The number of aromatic amines is 1. The molecule has 0 bridgehead atoms. The molecular formula is C15H17N3S. The monoisotopic (exact) mass is 271 g/mol. The lowest BCUT2D eigenvalue weighted by molar-refractivity contribution is 0.742. The highest BCUT2D eigenvalue weighted by Crippen LogP contribution is 2.29. The van der Waals surface area contributed by atoms with E-state index in [0.29, 0.717) is 0 Å². The van der Waals surface area contributed by atoms with E-state index in [0.717, 1.165) is 37.0 Å². The number of thiazole rings is 1. The van der Waals surface area contributed by atoms with Crippen molar-refractivity contribution in [2.75, 3.05) is 6.54 Å². The second-order valence-electron chi connectivity index (χ2n) is 4.62. The Morgan fingerprint density at radius 1 is 1.21 bits per heavy atom. The molecule has 0 radical (unpaired) electrons. The number of nitrogens with two attached hydrogens (primary N) is 1. The van der Waals surface area contributed by atoms with Gasteiger partial charge in [0.15, 0.2) is 0 Å². The van der Waals surface area contributed by atoms with Crippen LogP contribution in [0.15, 0.2) is 35.8 Å². The van der Waals surface area contributed by atoms with Crippen molar-refractivity contribution in [2.45, 2.75) is 19.3 Å². The summed E-state index contributed by atoms with van der Waals surface area (Å²) in [5.41, 5.74) is 8.94. The van der Waals surface area contributed by atoms with Crippen molar-refractivity contribution in [1.82, 2.24) is 9.97 Å². The zero-order chi connectivity index (χ0) is 13.1. The predicted octanol–water partition coefficient (Wildman–Crippen LogP) is 3.57. The second-order valence-corrected chi connectivity index (χ2v) is 5.56. The summed E-state index contributed by atoms with van der Waals surface area (Å²) in [5.74, 6) is 0. The average Bonchev–Trinajstić information content (AvgIpc) is 3.05. The number of unbranched alkanes of at least 4 members (excludes halogenated alkanes) is 1. The number of fused-ring (bicyclic) bond motifs is 1. The Morgan fingerprint density at radius 2 is 2.11 bits per heavy atom. The molecular weight excluding hydrogens is 254 g/mol. The van der Waals surface area contributed by atoms with Crippen LogP contribution in [0.1, 0.15) is 17.8 Å². The Kier molecular flexibility index (Phi) is 3.62. The Hall–Kier alpha value is -1.65. The molecule has 0 spiro atoms. The van der Waals surface area contributed by atoms with E-state index < -0.39 is 0 Å². The van der Waals surface area contributed by atoms with E-state index in [1.165, 1.54) is 16.0 Å². The van der Waals surface area contributed by atoms with E-state index >= 15 is 0 Å². The highest BCUT2D eigenvalue weighted by Gasteiger charge is 2.09. The van der Waals surface area contributed by atoms with Gasteiger partial charge in [-0.05, 0) is 31.9 Å². The number of benzene rings is 1. The van der Waals surface area contributed by atoms with Crippen molar-refractivity contribution in [1.29, 1.82) is 0 Å². The van der Waals surface area contributed by atoms with Gasteiger partial charge in [-0.3, -0.25) is 0 Å². The first kappa shape index (κ1) is 12.4. The quantitative estimate of drug-likeness (QED) is 0.697. The van der Waals surface area contributed by atoms with Gasteiger partial charge >= 0.3 is 0 Å². The zero-order valence-corrected chi connectivity index (χ0v) is 11.5. The molecule has 3 rings (SSSR count). The summed E-state index contributed by atoms with van der Waals surface area (Å²) in [6.45, 7) is 0.765. The van der Waals surface area contributed by atoms with E-state index in [2.05, 4.69) is 28.6 Å². The highest BCUT2D eigenvalue weighted by molar-refractivity contribution is 7.09. The fourth-order valence-corrected chi connectivity index (χ4v) is 3.09. The van der Waals surface area contributed by atoms with Crippen LogP contribution in [0.25, 0.3) is 22.2 Å². The summed E-state index contributed by atoms with van der Waals surface area (Å²) < 4.78 is 0. The van der Waals surface area contributed by atoms with Crippen LogP contribution in [-0.4, -0.2) is 16.5 Å². The van der Waals surface area contributed by atoms with Crippen LogP contribution in [-0.2, 0) is 6.42 Å². The number of rotatable bonds is 5. The molecule has 3 aromatic rings. The van der Waals surface area contributed by atoms with E-state index in [1.54, 1.807) is 11.3 Å². The Labute approximate surface area is 116 Å². The third kappa shape index (κ3) is 2.55. The summed E-state index contributed by atoms with van der Waals surface area (Å²) >= 11 is 1.74. The Bertz CT molecular complexity index is 669. The average molecular weight is 271 g/mol. The summed E-state index contributed by atoms with van der Waals surface area (Å²) in [7, 11) is 0. The van der Waals surface area contributed by atoms with Crippen LogP contribution < -0.4 is 5.73 Å². The van der Waals surface area contributed by atoms with Gasteiger partial charge in [0.1, 0.15) is 0 Å². The fraction of sp³-hybridized carbons (Fsp3) is 0.267. The topological polar surface area (TPSA) is 54.7 Å². The molecule has 0 aliphatic heterocycles. The first-order valence-electron chi connectivity index (χ1n) is 6.59. The van der Waals surface area contributed by atoms with E-state index in [1.807, 2.05) is 12.3 Å². The SMILES string of the molecule is NCCCCc1nc(-c2c[nH]c3ccccc23)cs1. The number of H-pyrrole nitrogens is 1.